The summed E-state index contributed by atoms with van der Waals surface area (Å²) >= 11 is 0. The number of amides is 1. The molecule has 0 saturated carbocycles. The van der Waals surface area contributed by atoms with E-state index in [1.165, 1.54) is 0 Å². The molecule has 2 N–H and O–H groups in total. The Bertz CT molecular complexity index is 450. The fourth-order valence-electron chi connectivity index (χ4n) is 2.60. The van der Waals surface area contributed by atoms with E-state index in [9.17, 15) is 4.79 Å². The van der Waals surface area contributed by atoms with Crippen molar-refractivity contribution in [3.63, 3.8) is 0 Å². The zero-order chi connectivity index (χ0) is 14.6. The summed E-state index contributed by atoms with van der Waals surface area (Å²) in [4.78, 5) is 12.5. The van der Waals surface area contributed by atoms with Crippen LogP contribution in [0.2, 0.25) is 0 Å². The van der Waals surface area contributed by atoms with Gasteiger partial charge in [-0.15, -0.1) is 0 Å². The molecule has 2 rings (SSSR count). The molecule has 0 aliphatic carbocycles. The van der Waals surface area contributed by atoms with Crippen LogP contribution in [0.5, 0.6) is 5.75 Å². The average Bonchev–Trinajstić information content (AvgIpc) is 2.48. The normalized spacial score (nSPS) is 23.9. The third-order valence-corrected chi connectivity index (χ3v) is 4.11. The minimum absolute atomic E-state index is 0.00663. The van der Waals surface area contributed by atoms with Gasteiger partial charge in [-0.3, -0.25) is 4.79 Å². The summed E-state index contributed by atoms with van der Waals surface area (Å²) in [5, 5.41) is 6.43. The highest BCUT2D eigenvalue weighted by atomic mass is 16.5. The molecule has 1 fully saturated rings. The molecule has 4 nitrogen and oxygen atoms in total. The molecule has 1 amide bonds. The highest BCUT2D eigenvalue weighted by Crippen LogP contribution is 2.27. The van der Waals surface area contributed by atoms with Crippen molar-refractivity contribution < 1.29 is 9.53 Å². The van der Waals surface area contributed by atoms with E-state index in [-0.39, 0.29) is 17.4 Å². The molecule has 0 spiro atoms. The smallest absolute Gasteiger partial charge is 0.227 e. The molecular weight excluding hydrogens is 252 g/mol. The Morgan fingerprint density at radius 2 is 2.10 bits per heavy atom. The number of hydrogen-bond acceptors (Lipinski definition) is 3. The number of ether oxygens (including phenoxy) is 1. The van der Waals surface area contributed by atoms with Crippen molar-refractivity contribution in [3.05, 3.63) is 29.8 Å². The van der Waals surface area contributed by atoms with Gasteiger partial charge in [0.2, 0.25) is 5.91 Å². The van der Waals surface area contributed by atoms with E-state index in [2.05, 4.69) is 10.6 Å². The number of hydrogen-bond donors (Lipinski definition) is 2. The first-order valence-electron chi connectivity index (χ1n) is 7.21. The third kappa shape index (κ3) is 3.31. The maximum absolute atomic E-state index is 12.5. The first-order valence-corrected chi connectivity index (χ1v) is 7.21. The Balaban J connectivity index is 1.99. The van der Waals surface area contributed by atoms with E-state index >= 15 is 0 Å². The second-order valence-corrected chi connectivity index (χ2v) is 5.81. The van der Waals surface area contributed by atoms with Gasteiger partial charge in [0.25, 0.3) is 0 Å². The second kappa shape index (κ2) is 6.27. The number of nitrogens with one attached hydrogen (secondary N) is 2. The Hall–Kier alpha value is -1.55. The Morgan fingerprint density at radius 3 is 2.65 bits per heavy atom. The van der Waals surface area contributed by atoms with Crippen LogP contribution in [0.4, 0.5) is 0 Å². The van der Waals surface area contributed by atoms with Gasteiger partial charge in [-0.1, -0.05) is 12.1 Å². The standard InChI is InChI=1S/C16H24N2O2/c1-12(13-5-7-14(20-3)8-6-13)18-15(19)16(2)9-4-10-17-11-16/h5-8,12,17H,4,9-11H2,1-3H3,(H,18,19)/t12-,16?/m1/s1. The van der Waals surface area contributed by atoms with Crippen molar-refractivity contribution in [3.8, 4) is 5.75 Å². The molecule has 20 heavy (non-hydrogen) atoms. The maximum atomic E-state index is 12.5. The predicted octanol–water partition coefficient (Wildman–Crippen LogP) is 2.26. The van der Waals surface area contributed by atoms with Gasteiger partial charge in [-0.05, 0) is 50.9 Å². The first-order chi connectivity index (χ1) is 9.55. The zero-order valence-corrected chi connectivity index (χ0v) is 12.5. The summed E-state index contributed by atoms with van der Waals surface area (Å²) in [5.41, 5.74) is 0.797. The molecule has 2 atom stereocenters. The Kier molecular flexibility index (Phi) is 4.65. The summed E-state index contributed by atoms with van der Waals surface area (Å²) in [6.07, 6.45) is 2.00. The maximum Gasteiger partial charge on any atom is 0.227 e. The van der Waals surface area contributed by atoms with Crippen LogP contribution < -0.4 is 15.4 Å². The van der Waals surface area contributed by atoms with Crippen LogP contribution in [-0.4, -0.2) is 26.1 Å². The van der Waals surface area contributed by atoms with Crippen LogP contribution in [0.1, 0.15) is 38.3 Å². The number of benzene rings is 1. The lowest BCUT2D eigenvalue weighted by Crippen LogP contribution is -2.49. The van der Waals surface area contributed by atoms with E-state index in [1.54, 1.807) is 7.11 Å². The van der Waals surface area contributed by atoms with Gasteiger partial charge < -0.3 is 15.4 Å². The molecule has 4 heteroatoms. The van der Waals surface area contributed by atoms with E-state index in [4.69, 9.17) is 4.74 Å². The van der Waals surface area contributed by atoms with Crippen molar-refractivity contribution >= 4 is 5.91 Å². The zero-order valence-electron chi connectivity index (χ0n) is 12.5. The van der Waals surface area contributed by atoms with Crippen LogP contribution >= 0.6 is 0 Å². The van der Waals surface area contributed by atoms with Gasteiger partial charge in [0, 0.05) is 6.54 Å². The van der Waals surface area contributed by atoms with Gasteiger partial charge in [-0.25, -0.2) is 0 Å². The highest BCUT2D eigenvalue weighted by molar-refractivity contribution is 5.83. The minimum atomic E-state index is -0.293. The van der Waals surface area contributed by atoms with Gasteiger partial charge in [-0.2, -0.15) is 0 Å². The monoisotopic (exact) mass is 276 g/mol. The van der Waals surface area contributed by atoms with Crippen molar-refractivity contribution in [2.24, 2.45) is 5.41 Å². The van der Waals surface area contributed by atoms with Crippen LogP contribution in [0.25, 0.3) is 0 Å². The summed E-state index contributed by atoms with van der Waals surface area (Å²) in [7, 11) is 1.65. The van der Waals surface area contributed by atoms with E-state index in [0.717, 1.165) is 37.2 Å². The summed E-state index contributed by atoms with van der Waals surface area (Å²) in [5.74, 6) is 0.962. The average molecular weight is 276 g/mol. The van der Waals surface area contributed by atoms with Crippen LogP contribution in [0.15, 0.2) is 24.3 Å². The van der Waals surface area contributed by atoms with Crippen molar-refractivity contribution in [2.45, 2.75) is 32.7 Å². The molecular formula is C16H24N2O2. The van der Waals surface area contributed by atoms with Gasteiger partial charge in [0.1, 0.15) is 5.75 Å². The lowest BCUT2D eigenvalue weighted by Gasteiger charge is -2.33. The summed E-state index contributed by atoms with van der Waals surface area (Å²) in [6.45, 7) is 5.82. The topological polar surface area (TPSA) is 50.4 Å². The Morgan fingerprint density at radius 1 is 1.40 bits per heavy atom. The Labute approximate surface area is 120 Å². The fraction of sp³-hybridized carbons (Fsp3) is 0.562. The molecule has 1 saturated heterocycles. The molecule has 1 aliphatic heterocycles. The number of carbonyl (C=O) groups excluding carboxylic acids is 1. The van der Waals surface area contributed by atoms with Crippen molar-refractivity contribution in [1.82, 2.24) is 10.6 Å². The number of carbonyl (C=O) groups is 1. The molecule has 110 valence electrons. The lowest BCUT2D eigenvalue weighted by molar-refractivity contribution is -0.131. The minimum Gasteiger partial charge on any atom is -0.497 e. The van der Waals surface area contributed by atoms with Gasteiger partial charge >= 0.3 is 0 Å². The molecule has 1 unspecified atom stereocenters. The highest BCUT2D eigenvalue weighted by Gasteiger charge is 2.35. The van der Waals surface area contributed by atoms with E-state index in [0.29, 0.717) is 0 Å². The molecule has 1 aromatic rings. The number of methoxy groups -OCH3 is 1. The molecule has 1 aliphatic rings. The van der Waals surface area contributed by atoms with Crippen molar-refractivity contribution in [1.29, 1.82) is 0 Å². The largest absolute Gasteiger partial charge is 0.497 e. The van der Waals surface area contributed by atoms with E-state index < -0.39 is 0 Å². The fourth-order valence-corrected chi connectivity index (χ4v) is 2.60. The molecule has 1 heterocycles. The predicted molar refractivity (Wildman–Crippen MR) is 79.8 cm³/mol. The van der Waals surface area contributed by atoms with Gasteiger partial charge in [0.05, 0.1) is 18.6 Å². The van der Waals surface area contributed by atoms with Crippen LogP contribution in [0, 0.1) is 5.41 Å². The molecule has 0 bridgehead atoms. The van der Waals surface area contributed by atoms with Crippen LogP contribution in [-0.2, 0) is 4.79 Å². The lowest BCUT2D eigenvalue weighted by atomic mass is 9.81. The summed E-state index contributed by atoms with van der Waals surface area (Å²) in [6, 6.07) is 7.83. The van der Waals surface area contributed by atoms with Crippen molar-refractivity contribution in [2.75, 3.05) is 20.2 Å². The molecule has 0 aromatic heterocycles. The molecule has 0 radical (unpaired) electrons. The number of piperidine rings is 1. The molecule has 1 aromatic carbocycles. The SMILES string of the molecule is COc1ccc([C@@H](C)NC(=O)C2(C)CCCNC2)cc1. The quantitative estimate of drug-likeness (QED) is 0.887. The third-order valence-electron chi connectivity index (χ3n) is 4.11. The van der Waals surface area contributed by atoms with Crippen LogP contribution in [0.3, 0.4) is 0 Å². The van der Waals surface area contributed by atoms with E-state index in [1.807, 2.05) is 38.1 Å². The van der Waals surface area contributed by atoms with Gasteiger partial charge in [0.15, 0.2) is 0 Å². The summed E-state index contributed by atoms with van der Waals surface area (Å²) < 4.78 is 5.15. The second-order valence-electron chi connectivity index (χ2n) is 5.81. The first kappa shape index (κ1) is 14.9. The number of rotatable bonds is 4.